The quantitative estimate of drug-likeness (QED) is 0.412. The summed E-state index contributed by atoms with van der Waals surface area (Å²) in [6.07, 6.45) is 1.12. The van der Waals surface area contributed by atoms with Crippen LogP contribution in [0.3, 0.4) is 0 Å². The van der Waals surface area contributed by atoms with E-state index < -0.39 is 8.32 Å². The molecule has 0 spiro atoms. The predicted octanol–water partition coefficient (Wildman–Crippen LogP) is 6.74. The number of hydrogen-bond donors (Lipinski definition) is 0. The van der Waals surface area contributed by atoms with Crippen LogP contribution in [0.1, 0.15) is 45.2 Å². The van der Waals surface area contributed by atoms with Gasteiger partial charge < -0.3 is 4.43 Å². The molecule has 0 aliphatic carbocycles. The van der Waals surface area contributed by atoms with Crippen molar-refractivity contribution in [2.24, 2.45) is 5.92 Å². The van der Waals surface area contributed by atoms with E-state index in [1.807, 2.05) is 0 Å². The molecule has 0 bridgehead atoms. The van der Waals surface area contributed by atoms with E-state index >= 15 is 0 Å². The van der Waals surface area contributed by atoms with Crippen LogP contribution in [0.4, 0.5) is 0 Å². The minimum atomic E-state index is -1.65. The molecule has 2 aromatic carbocycles. The minimum absolute atomic E-state index is 0.281. The van der Waals surface area contributed by atoms with Gasteiger partial charge in [0.25, 0.3) is 0 Å². The molecule has 2 nitrogen and oxygen atoms in total. The van der Waals surface area contributed by atoms with E-state index in [9.17, 15) is 0 Å². The molecule has 0 aromatic heterocycles. The molecule has 0 amide bonds. The summed E-state index contributed by atoms with van der Waals surface area (Å²) in [7, 11) is -1.65. The van der Waals surface area contributed by atoms with Crippen LogP contribution < -0.4 is 0 Å². The van der Waals surface area contributed by atoms with E-state index in [4.69, 9.17) is 4.43 Å². The third kappa shape index (κ3) is 7.54. The first-order valence-corrected chi connectivity index (χ1v) is 13.5. The van der Waals surface area contributed by atoms with E-state index in [0.717, 1.165) is 32.7 Å². The second-order valence-corrected chi connectivity index (χ2v) is 14.5. The molecule has 1 atom stereocenters. The second kappa shape index (κ2) is 10.4. The van der Waals surface area contributed by atoms with Gasteiger partial charge in [-0.05, 0) is 41.6 Å². The summed E-state index contributed by atoms with van der Waals surface area (Å²) in [5.74, 6) is 0.609. The summed E-state index contributed by atoms with van der Waals surface area (Å²) in [6, 6.07) is 21.6. The van der Waals surface area contributed by atoms with Crippen molar-refractivity contribution in [2.75, 3.05) is 13.2 Å². The lowest BCUT2D eigenvalue weighted by atomic mass is 10.1. The van der Waals surface area contributed by atoms with Crippen molar-refractivity contribution in [3.05, 3.63) is 71.8 Å². The lowest BCUT2D eigenvalue weighted by Gasteiger charge is -2.36. The number of benzene rings is 2. The van der Waals surface area contributed by atoms with E-state index in [-0.39, 0.29) is 5.04 Å². The topological polar surface area (TPSA) is 12.5 Å². The molecule has 3 heteroatoms. The molecular formula is C25H39NOSi. The maximum absolute atomic E-state index is 6.40. The summed E-state index contributed by atoms with van der Waals surface area (Å²) in [4.78, 5) is 2.57. The highest BCUT2D eigenvalue weighted by atomic mass is 28.4. The zero-order valence-electron chi connectivity index (χ0n) is 18.7. The van der Waals surface area contributed by atoms with Crippen molar-refractivity contribution in [2.45, 2.75) is 65.3 Å². The maximum Gasteiger partial charge on any atom is 0.191 e. The molecule has 2 aromatic rings. The fourth-order valence-corrected chi connectivity index (χ4v) is 4.19. The van der Waals surface area contributed by atoms with Crippen molar-refractivity contribution in [1.82, 2.24) is 4.90 Å². The Kier molecular flexibility index (Phi) is 8.48. The molecule has 0 aliphatic heterocycles. The Morgan fingerprint density at radius 3 is 1.75 bits per heavy atom. The van der Waals surface area contributed by atoms with Gasteiger partial charge in [0.1, 0.15) is 0 Å². The van der Waals surface area contributed by atoms with Gasteiger partial charge in [0.15, 0.2) is 8.32 Å². The number of nitrogens with zero attached hydrogens (tertiary/aromatic N) is 1. The Bertz CT molecular complexity index is 637. The van der Waals surface area contributed by atoms with Crippen LogP contribution in [0.15, 0.2) is 60.7 Å². The van der Waals surface area contributed by atoms with Crippen molar-refractivity contribution < 1.29 is 4.43 Å². The molecule has 0 heterocycles. The molecular weight excluding hydrogens is 358 g/mol. The minimum Gasteiger partial charge on any atom is -0.417 e. The average Bonchev–Trinajstić information content (AvgIpc) is 2.62. The highest BCUT2D eigenvalue weighted by Gasteiger charge is 2.36. The zero-order chi connectivity index (χ0) is 20.6. The maximum atomic E-state index is 6.40. The van der Waals surface area contributed by atoms with Crippen LogP contribution in [0.2, 0.25) is 18.1 Å². The van der Waals surface area contributed by atoms with E-state index in [1.54, 1.807) is 0 Å². The van der Waals surface area contributed by atoms with Crippen LogP contribution in [-0.4, -0.2) is 26.4 Å². The largest absolute Gasteiger partial charge is 0.417 e. The Morgan fingerprint density at radius 2 is 1.32 bits per heavy atom. The monoisotopic (exact) mass is 397 g/mol. The first-order chi connectivity index (χ1) is 13.2. The van der Waals surface area contributed by atoms with Crippen LogP contribution in [0.25, 0.3) is 0 Å². The summed E-state index contributed by atoms with van der Waals surface area (Å²) >= 11 is 0. The molecule has 2 rings (SSSR count). The summed E-state index contributed by atoms with van der Waals surface area (Å²) in [5.41, 5.74) is 2.76. The summed E-state index contributed by atoms with van der Waals surface area (Å²) in [6.45, 7) is 17.9. The highest BCUT2D eigenvalue weighted by Crippen LogP contribution is 2.36. The average molecular weight is 398 g/mol. The van der Waals surface area contributed by atoms with Crippen LogP contribution in [-0.2, 0) is 17.5 Å². The Morgan fingerprint density at radius 1 is 0.857 bits per heavy atom. The molecule has 28 heavy (non-hydrogen) atoms. The Balaban J connectivity index is 1.93. The van der Waals surface area contributed by atoms with Gasteiger partial charge in [-0.3, -0.25) is 4.90 Å². The lowest BCUT2D eigenvalue weighted by molar-refractivity contribution is 0.192. The third-order valence-electron chi connectivity index (χ3n) is 5.95. The molecule has 0 saturated carbocycles. The smallest absolute Gasteiger partial charge is 0.191 e. The van der Waals surface area contributed by atoms with Crippen molar-refractivity contribution >= 4 is 8.32 Å². The van der Waals surface area contributed by atoms with Crippen molar-refractivity contribution in [3.63, 3.8) is 0 Å². The predicted molar refractivity (Wildman–Crippen MR) is 124 cm³/mol. The molecule has 0 N–H and O–H groups in total. The van der Waals surface area contributed by atoms with Gasteiger partial charge in [-0.1, -0.05) is 88.4 Å². The van der Waals surface area contributed by atoms with Gasteiger partial charge in [0.2, 0.25) is 0 Å². The second-order valence-electron chi connectivity index (χ2n) is 9.64. The number of hydrogen-bond acceptors (Lipinski definition) is 2. The summed E-state index contributed by atoms with van der Waals surface area (Å²) < 4.78 is 6.40. The molecule has 0 aliphatic rings. The molecule has 0 fully saturated rings. The Hall–Kier alpha value is -1.42. The van der Waals surface area contributed by atoms with Gasteiger partial charge in [-0.25, -0.2) is 0 Å². The first-order valence-electron chi connectivity index (χ1n) is 10.6. The standard InChI is InChI=1S/C25H39NOSi/c1-22(17-18-27-28(5,6)25(2,3)4)19-26(20-23-13-9-7-10-14-23)21-24-15-11-8-12-16-24/h7-16,22H,17-21H2,1-6H3/t22-/m1/s1. The fourth-order valence-electron chi connectivity index (χ4n) is 3.13. The van der Waals surface area contributed by atoms with Crippen molar-refractivity contribution in [3.8, 4) is 0 Å². The van der Waals surface area contributed by atoms with Crippen LogP contribution >= 0.6 is 0 Å². The summed E-state index contributed by atoms with van der Waals surface area (Å²) in [5, 5.41) is 0.281. The SMILES string of the molecule is C[C@H](CCO[Si](C)(C)C(C)(C)C)CN(Cc1ccccc1)Cc1ccccc1. The van der Waals surface area contributed by atoms with Gasteiger partial charge in [-0.15, -0.1) is 0 Å². The van der Waals surface area contributed by atoms with Gasteiger partial charge in [0, 0.05) is 26.2 Å². The van der Waals surface area contributed by atoms with E-state index in [0.29, 0.717) is 5.92 Å². The molecule has 0 saturated heterocycles. The number of rotatable bonds is 10. The fraction of sp³-hybridized carbons (Fsp3) is 0.520. The van der Waals surface area contributed by atoms with Gasteiger partial charge in [0.05, 0.1) is 0 Å². The van der Waals surface area contributed by atoms with E-state index in [1.165, 1.54) is 11.1 Å². The molecule has 154 valence electrons. The first kappa shape index (κ1) is 22.9. The van der Waals surface area contributed by atoms with Crippen molar-refractivity contribution in [1.29, 1.82) is 0 Å². The molecule has 0 unspecified atom stereocenters. The van der Waals surface area contributed by atoms with E-state index in [2.05, 4.69) is 106 Å². The lowest BCUT2D eigenvalue weighted by Crippen LogP contribution is -2.41. The third-order valence-corrected chi connectivity index (χ3v) is 10.5. The normalized spacial score (nSPS) is 13.7. The van der Waals surface area contributed by atoms with Crippen LogP contribution in [0, 0.1) is 5.92 Å². The van der Waals surface area contributed by atoms with Gasteiger partial charge in [-0.2, -0.15) is 0 Å². The Labute approximate surface area is 174 Å². The van der Waals surface area contributed by atoms with Crippen LogP contribution in [0.5, 0.6) is 0 Å². The van der Waals surface area contributed by atoms with Gasteiger partial charge >= 0.3 is 0 Å². The molecule has 0 radical (unpaired) electrons. The zero-order valence-corrected chi connectivity index (χ0v) is 19.7. The highest BCUT2D eigenvalue weighted by molar-refractivity contribution is 6.74.